The van der Waals surface area contributed by atoms with E-state index in [1.165, 1.54) is 40.5 Å². The maximum atomic E-state index is 13.9. The molecule has 31 heavy (non-hydrogen) atoms. The average molecular weight is 458 g/mol. The summed E-state index contributed by atoms with van der Waals surface area (Å²) < 4.78 is 19.4. The van der Waals surface area contributed by atoms with Crippen molar-refractivity contribution in [2.24, 2.45) is 0 Å². The van der Waals surface area contributed by atoms with Crippen LogP contribution in [0.4, 0.5) is 10.1 Å². The summed E-state index contributed by atoms with van der Waals surface area (Å²) in [5.74, 6) is -2.24. The third-order valence-electron chi connectivity index (χ3n) is 4.85. The summed E-state index contributed by atoms with van der Waals surface area (Å²) >= 11 is 7.46. The van der Waals surface area contributed by atoms with E-state index in [2.05, 4.69) is 0 Å². The molecule has 1 aliphatic heterocycles. The van der Waals surface area contributed by atoms with Crippen LogP contribution in [0, 0.1) is 5.82 Å². The Hall–Kier alpha value is -3.16. The Bertz CT molecular complexity index is 1190. The Kier molecular flexibility index (Phi) is 5.80. The maximum Gasteiger partial charge on any atom is 0.300 e. The molecule has 1 aliphatic rings. The van der Waals surface area contributed by atoms with E-state index in [0.717, 1.165) is 0 Å². The van der Waals surface area contributed by atoms with E-state index < -0.39 is 23.5 Å². The van der Waals surface area contributed by atoms with Gasteiger partial charge in [-0.3, -0.25) is 14.5 Å². The van der Waals surface area contributed by atoms with E-state index in [-0.39, 0.29) is 22.6 Å². The SMILES string of the molecule is CCOc1cc(/C(O)=C2/C(=O)C(=O)N(c3cccc(F)c3)C2c2cccs2)ccc1Cl. The molecule has 1 unspecified atom stereocenters. The highest BCUT2D eigenvalue weighted by atomic mass is 35.5. The molecule has 2 aromatic carbocycles. The van der Waals surface area contributed by atoms with Crippen LogP contribution in [0.15, 0.2) is 65.6 Å². The largest absolute Gasteiger partial charge is 0.507 e. The third kappa shape index (κ3) is 3.82. The molecule has 5 nitrogen and oxygen atoms in total. The zero-order chi connectivity index (χ0) is 22.1. The molecule has 0 saturated carbocycles. The van der Waals surface area contributed by atoms with Gasteiger partial charge in [0.05, 0.1) is 17.2 Å². The lowest BCUT2D eigenvalue weighted by Crippen LogP contribution is -2.29. The molecule has 1 saturated heterocycles. The molecule has 0 radical (unpaired) electrons. The zero-order valence-corrected chi connectivity index (χ0v) is 17.9. The summed E-state index contributed by atoms with van der Waals surface area (Å²) in [6.45, 7) is 2.16. The fourth-order valence-electron chi connectivity index (χ4n) is 3.51. The first kappa shape index (κ1) is 21.1. The van der Waals surface area contributed by atoms with Gasteiger partial charge in [0.1, 0.15) is 23.4 Å². The number of hydrogen-bond acceptors (Lipinski definition) is 5. The van der Waals surface area contributed by atoms with Gasteiger partial charge in [0.15, 0.2) is 0 Å². The summed E-state index contributed by atoms with van der Waals surface area (Å²) in [6.07, 6.45) is 0. The summed E-state index contributed by atoms with van der Waals surface area (Å²) in [6, 6.07) is 12.7. The van der Waals surface area contributed by atoms with Gasteiger partial charge in [-0.1, -0.05) is 23.7 Å². The fraction of sp³-hybridized carbons (Fsp3) is 0.130. The highest BCUT2D eigenvalue weighted by Gasteiger charge is 2.47. The first-order valence-electron chi connectivity index (χ1n) is 9.45. The first-order chi connectivity index (χ1) is 14.9. The molecule has 1 atom stereocenters. The zero-order valence-electron chi connectivity index (χ0n) is 16.3. The third-order valence-corrected chi connectivity index (χ3v) is 6.08. The Morgan fingerprint density at radius 2 is 2.00 bits per heavy atom. The van der Waals surface area contributed by atoms with E-state index >= 15 is 0 Å². The highest BCUT2D eigenvalue weighted by molar-refractivity contribution is 7.10. The van der Waals surface area contributed by atoms with Gasteiger partial charge in [-0.25, -0.2) is 4.39 Å². The molecular weight excluding hydrogens is 441 g/mol. The number of rotatable bonds is 5. The number of thiophene rings is 1. The molecule has 4 rings (SSSR count). The van der Waals surface area contributed by atoms with Crippen molar-refractivity contribution in [1.82, 2.24) is 0 Å². The van der Waals surface area contributed by atoms with Crippen molar-refractivity contribution in [2.75, 3.05) is 11.5 Å². The van der Waals surface area contributed by atoms with Crippen LogP contribution in [-0.2, 0) is 9.59 Å². The number of aliphatic hydroxyl groups excluding tert-OH is 1. The summed E-state index contributed by atoms with van der Waals surface area (Å²) in [5.41, 5.74) is 0.429. The second kappa shape index (κ2) is 8.53. The molecular formula is C23H17ClFNO4S. The molecule has 1 aromatic heterocycles. The minimum Gasteiger partial charge on any atom is -0.507 e. The Morgan fingerprint density at radius 3 is 2.68 bits per heavy atom. The number of carbonyl (C=O) groups excluding carboxylic acids is 2. The van der Waals surface area contributed by atoms with E-state index in [4.69, 9.17) is 16.3 Å². The number of hydrogen-bond donors (Lipinski definition) is 1. The number of Topliss-reactive ketones (excluding diaryl/α,β-unsaturated/α-hetero) is 1. The molecule has 0 spiro atoms. The molecule has 2 heterocycles. The lowest BCUT2D eigenvalue weighted by Gasteiger charge is -2.24. The van der Waals surface area contributed by atoms with Crippen LogP contribution >= 0.6 is 22.9 Å². The van der Waals surface area contributed by atoms with Gasteiger partial charge < -0.3 is 9.84 Å². The number of ketones is 1. The van der Waals surface area contributed by atoms with E-state index in [1.807, 2.05) is 0 Å². The molecule has 1 N–H and O–H groups in total. The highest BCUT2D eigenvalue weighted by Crippen LogP contribution is 2.44. The number of halogens is 2. The van der Waals surface area contributed by atoms with Crippen LogP contribution in [0.3, 0.4) is 0 Å². The molecule has 0 bridgehead atoms. The van der Waals surface area contributed by atoms with Crippen LogP contribution in [-0.4, -0.2) is 23.4 Å². The van der Waals surface area contributed by atoms with Gasteiger partial charge in [0.2, 0.25) is 0 Å². The minimum atomic E-state index is -0.895. The molecule has 8 heteroatoms. The predicted molar refractivity (Wildman–Crippen MR) is 118 cm³/mol. The summed E-state index contributed by atoms with van der Waals surface area (Å²) in [5, 5.41) is 13.2. The molecule has 0 aliphatic carbocycles. The van der Waals surface area contributed by atoms with Crippen molar-refractivity contribution in [3.63, 3.8) is 0 Å². The monoisotopic (exact) mass is 457 g/mol. The Balaban J connectivity index is 1.91. The predicted octanol–water partition coefficient (Wildman–Crippen LogP) is 5.57. The smallest absolute Gasteiger partial charge is 0.300 e. The number of carbonyl (C=O) groups is 2. The van der Waals surface area contributed by atoms with Gasteiger partial charge in [0, 0.05) is 16.1 Å². The topological polar surface area (TPSA) is 66.8 Å². The number of anilines is 1. The molecule has 3 aromatic rings. The van der Waals surface area contributed by atoms with Crippen molar-refractivity contribution in [1.29, 1.82) is 0 Å². The maximum absolute atomic E-state index is 13.9. The van der Waals surface area contributed by atoms with Crippen LogP contribution in [0.1, 0.15) is 23.4 Å². The number of benzene rings is 2. The quantitative estimate of drug-likeness (QED) is 0.309. The number of nitrogens with zero attached hydrogens (tertiary/aromatic N) is 1. The van der Waals surface area contributed by atoms with E-state index in [0.29, 0.717) is 22.3 Å². The molecule has 158 valence electrons. The number of amides is 1. The van der Waals surface area contributed by atoms with Crippen molar-refractivity contribution in [3.05, 3.63) is 86.8 Å². The Morgan fingerprint density at radius 1 is 1.19 bits per heavy atom. The first-order valence-corrected chi connectivity index (χ1v) is 10.7. The molecule has 1 amide bonds. The summed E-state index contributed by atoms with van der Waals surface area (Å²) in [4.78, 5) is 27.8. The number of aliphatic hydroxyl groups is 1. The van der Waals surface area contributed by atoms with Crippen molar-refractivity contribution >= 4 is 46.1 Å². The minimum absolute atomic E-state index is 0.0820. The van der Waals surface area contributed by atoms with Crippen LogP contribution in [0.25, 0.3) is 5.76 Å². The van der Waals surface area contributed by atoms with Gasteiger partial charge in [0.25, 0.3) is 11.7 Å². The Labute approximate surface area is 187 Å². The van der Waals surface area contributed by atoms with Gasteiger partial charge >= 0.3 is 0 Å². The van der Waals surface area contributed by atoms with Crippen LogP contribution in [0.5, 0.6) is 5.75 Å². The fourth-order valence-corrected chi connectivity index (χ4v) is 4.51. The van der Waals surface area contributed by atoms with Gasteiger partial charge in [-0.2, -0.15) is 0 Å². The van der Waals surface area contributed by atoms with Crippen molar-refractivity contribution in [3.8, 4) is 5.75 Å². The van der Waals surface area contributed by atoms with Gasteiger partial charge in [-0.15, -0.1) is 11.3 Å². The van der Waals surface area contributed by atoms with E-state index in [9.17, 15) is 19.1 Å². The lowest BCUT2D eigenvalue weighted by molar-refractivity contribution is -0.132. The van der Waals surface area contributed by atoms with Gasteiger partial charge in [-0.05, 0) is 54.8 Å². The standard InChI is InChI=1S/C23H17ClFNO4S/c1-2-30-17-11-13(8-9-16(17)24)21(27)19-20(18-7-4-10-31-18)26(23(29)22(19)28)15-6-3-5-14(25)12-15/h3-12,20,27H,2H2,1H3/b21-19-. The second-order valence-corrected chi connectivity index (χ2v) is 8.13. The average Bonchev–Trinajstić information content (AvgIpc) is 3.36. The van der Waals surface area contributed by atoms with E-state index in [1.54, 1.807) is 42.6 Å². The summed E-state index contributed by atoms with van der Waals surface area (Å²) in [7, 11) is 0. The van der Waals surface area contributed by atoms with Crippen LogP contribution < -0.4 is 9.64 Å². The number of ether oxygens (including phenoxy) is 1. The van der Waals surface area contributed by atoms with Crippen molar-refractivity contribution in [2.45, 2.75) is 13.0 Å². The normalized spacial score (nSPS) is 17.9. The second-order valence-electron chi connectivity index (χ2n) is 6.74. The lowest BCUT2D eigenvalue weighted by atomic mass is 9.99. The molecule has 1 fully saturated rings. The van der Waals surface area contributed by atoms with Crippen LogP contribution in [0.2, 0.25) is 5.02 Å². The van der Waals surface area contributed by atoms with Crippen molar-refractivity contribution < 1.29 is 23.8 Å².